The number of rotatable bonds is 2. The maximum Gasteiger partial charge on any atom is 0.153 e. The summed E-state index contributed by atoms with van der Waals surface area (Å²) in [4.78, 5) is 3.98. The van der Waals surface area contributed by atoms with Crippen LogP contribution in [-0.2, 0) is 0 Å². The fraction of sp³-hybridized carbons (Fsp3) is 0. The van der Waals surface area contributed by atoms with Crippen LogP contribution in [0.15, 0.2) is 28.9 Å². The van der Waals surface area contributed by atoms with Gasteiger partial charge in [0.1, 0.15) is 5.82 Å². The quantitative estimate of drug-likeness (QED) is 0.869. The number of nitrogens with one attached hydrogen (secondary N) is 1. The fourth-order valence-electron chi connectivity index (χ4n) is 1.34. The summed E-state index contributed by atoms with van der Waals surface area (Å²) in [5, 5.41) is 2.55. The van der Waals surface area contributed by atoms with E-state index in [9.17, 15) is 8.78 Å². The van der Waals surface area contributed by atoms with Crippen LogP contribution in [-0.4, -0.2) is 4.98 Å². The molecule has 0 unspecified atom stereocenters. The first-order valence-electron chi connectivity index (χ1n) is 4.80. The second kappa shape index (κ2) is 5.07. The first-order chi connectivity index (χ1) is 8.47. The van der Waals surface area contributed by atoms with Crippen LogP contribution in [0.5, 0.6) is 0 Å². The van der Waals surface area contributed by atoms with E-state index in [4.69, 9.17) is 17.3 Å². The van der Waals surface area contributed by atoms with Gasteiger partial charge in [0, 0.05) is 16.7 Å². The maximum absolute atomic E-state index is 13.5. The van der Waals surface area contributed by atoms with Gasteiger partial charge in [0.25, 0.3) is 0 Å². The molecule has 0 radical (unpaired) electrons. The molecule has 0 atom stereocenters. The van der Waals surface area contributed by atoms with Crippen molar-refractivity contribution < 1.29 is 8.78 Å². The van der Waals surface area contributed by atoms with Gasteiger partial charge in [0.05, 0.1) is 16.4 Å². The van der Waals surface area contributed by atoms with E-state index in [0.29, 0.717) is 10.2 Å². The normalized spacial score (nSPS) is 10.4. The lowest BCUT2D eigenvalue weighted by molar-refractivity contribution is 0.586. The van der Waals surface area contributed by atoms with Crippen LogP contribution in [0.2, 0.25) is 5.02 Å². The lowest BCUT2D eigenvalue weighted by Gasteiger charge is -2.11. The Labute approximate surface area is 115 Å². The van der Waals surface area contributed by atoms with Crippen molar-refractivity contribution in [3.63, 3.8) is 0 Å². The van der Waals surface area contributed by atoms with Gasteiger partial charge in [0.15, 0.2) is 11.6 Å². The molecule has 94 valence electrons. The van der Waals surface area contributed by atoms with E-state index < -0.39 is 11.6 Å². The fourth-order valence-corrected chi connectivity index (χ4v) is 1.93. The third-order valence-electron chi connectivity index (χ3n) is 2.13. The molecule has 0 aliphatic heterocycles. The second-order valence-electron chi connectivity index (χ2n) is 3.46. The monoisotopic (exact) mass is 333 g/mol. The average molecular weight is 335 g/mol. The Bertz CT molecular complexity index is 584. The third-order valence-corrected chi connectivity index (χ3v) is 2.87. The van der Waals surface area contributed by atoms with Crippen LogP contribution in [0.1, 0.15) is 0 Å². The number of pyridine rings is 1. The lowest BCUT2D eigenvalue weighted by Crippen LogP contribution is -2.01. The maximum atomic E-state index is 13.5. The first-order valence-corrected chi connectivity index (χ1v) is 5.97. The van der Waals surface area contributed by atoms with Gasteiger partial charge in [-0.25, -0.2) is 13.8 Å². The van der Waals surface area contributed by atoms with Crippen molar-refractivity contribution in [2.45, 2.75) is 0 Å². The molecule has 0 aliphatic carbocycles. The van der Waals surface area contributed by atoms with Gasteiger partial charge >= 0.3 is 0 Å². The smallest absolute Gasteiger partial charge is 0.153 e. The summed E-state index contributed by atoms with van der Waals surface area (Å²) in [6.07, 6.45) is 1.49. The summed E-state index contributed by atoms with van der Waals surface area (Å²) >= 11 is 8.95. The molecule has 18 heavy (non-hydrogen) atoms. The highest BCUT2D eigenvalue weighted by Gasteiger charge is 2.12. The minimum Gasteiger partial charge on any atom is -0.396 e. The van der Waals surface area contributed by atoms with Crippen LogP contribution >= 0.6 is 27.5 Å². The van der Waals surface area contributed by atoms with Gasteiger partial charge in [-0.3, -0.25) is 0 Å². The molecule has 1 aromatic heterocycles. The molecule has 7 heteroatoms. The summed E-state index contributed by atoms with van der Waals surface area (Å²) in [5.41, 5.74) is 5.94. The van der Waals surface area contributed by atoms with Crippen LogP contribution in [0, 0.1) is 11.6 Å². The van der Waals surface area contributed by atoms with Crippen molar-refractivity contribution in [2.75, 3.05) is 11.1 Å². The van der Waals surface area contributed by atoms with E-state index >= 15 is 0 Å². The molecule has 0 saturated heterocycles. The number of nitrogens with two attached hydrogens (primary N) is 1. The Morgan fingerprint density at radius 3 is 2.61 bits per heavy atom. The Kier molecular flexibility index (Phi) is 3.68. The Morgan fingerprint density at radius 1 is 1.28 bits per heavy atom. The lowest BCUT2D eigenvalue weighted by atomic mass is 10.3. The molecule has 2 aromatic rings. The van der Waals surface area contributed by atoms with Crippen molar-refractivity contribution >= 4 is 44.7 Å². The Morgan fingerprint density at radius 2 is 2.00 bits per heavy atom. The molecular weight excluding hydrogens is 327 g/mol. The van der Waals surface area contributed by atoms with Gasteiger partial charge in [-0.05, 0) is 28.1 Å². The molecule has 2 rings (SSSR count). The number of anilines is 3. The number of aromatic nitrogens is 1. The van der Waals surface area contributed by atoms with Crippen molar-refractivity contribution in [1.29, 1.82) is 0 Å². The third kappa shape index (κ3) is 2.70. The van der Waals surface area contributed by atoms with E-state index in [1.807, 2.05) is 0 Å². The van der Waals surface area contributed by atoms with Gasteiger partial charge in [-0.2, -0.15) is 0 Å². The van der Waals surface area contributed by atoms with Gasteiger partial charge < -0.3 is 11.1 Å². The van der Waals surface area contributed by atoms with Gasteiger partial charge in [0.2, 0.25) is 0 Å². The zero-order valence-electron chi connectivity index (χ0n) is 8.85. The van der Waals surface area contributed by atoms with Crippen molar-refractivity contribution in [3.8, 4) is 0 Å². The predicted molar refractivity (Wildman–Crippen MR) is 71.0 cm³/mol. The molecule has 3 N–H and O–H groups in total. The van der Waals surface area contributed by atoms with Gasteiger partial charge in [-0.15, -0.1) is 0 Å². The summed E-state index contributed by atoms with van der Waals surface area (Å²) in [5.74, 6) is -1.32. The Balaban J connectivity index is 2.40. The first kappa shape index (κ1) is 13.0. The topological polar surface area (TPSA) is 50.9 Å². The van der Waals surface area contributed by atoms with E-state index in [1.54, 1.807) is 6.07 Å². The largest absolute Gasteiger partial charge is 0.396 e. The number of hydrogen-bond acceptors (Lipinski definition) is 3. The Hall–Kier alpha value is -1.40. The molecule has 0 amide bonds. The van der Waals surface area contributed by atoms with Crippen molar-refractivity contribution in [1.82, 2.24) is 4.98 Å². The minimum absolute atomic E-state index is 0.0698. The number of halogens is 4. The number of nitrogen functional groups attached to an aromatic ring is 1. The summed E-state index contributed by atoms with van der Waals surface area (Å²) in [6.45, 7) is 0. The molecule has 0 aliphatic rings. The summed E-state index contributed by atoms with van der Waals surface area (Å²) in [6, 6.07) is 3.33. The second-order valence-corrected chi connectivity index (χ2v) is 4.78. The summed E-state index contributed by atoms with van der Waals surface area (Å²) in [7, 11) is 0. The van der Waals surface area contributed by atoms with Crippen LogP contribution in [0.3, 0.4) is 0 Å². The molecule has 1 aromatic carbocycles. The van der Waals surface area contributed by atoms with Crippen molar-refractivity contribution in [3.05, 3.63) is 45.5 Å². The minimum atomic E-state index is -0.816. The zero-order chi connectivity index (χ0) is 13.3. The SMILES string of the molecule is Nc1cc(Br)cnc1Nc1c(F)cc(F)cc1Cl. The van der Waals surface area contributed by atoms with Crippen LogP contribution < -0.4 is 11.1 Å². The highest BCUT2D eigenvalue weighted by atomic mass is 79.9. The molecule has 0 spiro atoms. The molecule has 0 bridgehead atoms. The predicted octanol–water partition coefficient (Wildman–Crippen LogP) is 4.10. The van der Waals surface area contributed by atoms with E-state index in [1.165, 1.54) is 6.20 Å². The number of benzene rings is 1. The van der Waals surface area contributed by atoms with E-state index in [0.717, 1.165) is 12.1 Å². The summed E-state index contributed by atoms with van der Waals surface area (Å²) < 4.78 is 27.1. The highest BCUT2D eigenvalue weighted by Crippen LogP contribution is 2.31. The van der Waals surface area contributed by atoms with Crippen LogP contribution in [0.4, 0.5) is 26.0 Å². The molecule has 0 saturated carbocycles. The molecule has 3 nitrogen and oxygen atoms in total. The van der Waals surface area contributed by atoms with Gasteiger partial charge in [-0.1, -0.05) is 11.6 Å². The number of hydrogen-bond donors (Lipinski definition) is 2. The highest BCUT2D eigenvalue weighted by molar-refractivity contribution is 9.10. The zero-order valence-corrected chi connectivity index (χ0v) is 11.2. The van der Waals surface area contributed by atoms with Crippen LogP contribution in [0.25, 0.3) is 0 Å². The standard InChI is InChI=1S/C11H7BrClF2N3/c12-5-1-9(16)11(17-4-5)18-10-7(13)2-6(14)3-8(10)15/h1-4H,16H2,(H,17,18). The number of nitrogens with zero attached hydrogens (tertiary/aromatic N) is 1. The molecule has 0 fully saturated rings. The molecular formula is C11H7BrClF2N3. The molecule has 1 heterocycles. The average Bonchev–Trinajstić information content (AvgIpc) is 2.25. The van der Waals surface area contributed by atoms with E-state index in [-0.39, 0.29) is 16.5 Å². The van der Waals surface area contributed by atoms with Crippen molar-refractivity contribution in [2.24, 2.45) is 0 Å². The van der Waals surface area contributed by atoms with E-state index in [2.05, 4.69) is 26.2 Å².